The van der Waals surface area contributed by atoms with E-state index in [1.54, 1.807) is 0 Å². The third kappa shape index (κ3) is 74.7. The molecular formula is C80H150NO8P. The minimum Gasteiger partial charge on any atom is -0.756 e. The van der Waals surface area contributed by atoms with E-state index in [1.807, 2.05) is 21.1 Å². The number of phosphoric ester groups is 1. The molecule has 0 saturated carbocycles. The lowest BCUT2D eigenvalue weighted by Gasteiger charge is -2.28. The molecule has 0 amide bonds. The molecule has 90 heavy (non-hydrogen) atoms. The fourth-order valence-electron chi connectivity index (χ4n) is 11.6. The van der Waals surface area contributed by atoms with Crippen molar-refractivity contribution < 1.29 is 42.1 Å². The van der Waals surface area contributed by atoms with Gasteiger partial charge < -0.3 is 27.9 Å². The average Bonchev–Trinajstić information content (AvgIpc) is 3.61. The van der Waals surface area contributed by atoms with E-state index in [2.05, 4.69) is 74.6 Å². The van der Waals surface area contributed by atoms with Crippen LogP contribution in [0.15, 0.2) is 60.8 Å². The highest BCUT2D eigenvalue weighted by molar-refractivity contribution is 7.45. The van der Waals surface area contributed by atoms with Gasteiger partial charge in [-0.3, -0.25) is 14.2 Å². The van der Waals surface area contributed by atoms with Crippen LogP contribution >= 0.6 is 7.82 Å². The summed E-state index contributed by atoms with van der Waals surface area (Å²) in [5.74, 6) is -0.810. The Morgan fingerprint density at radius 1 is 0.356 bits per heavy atom. The molecule has 528 valence electrons. The van der Waals surface area contributed by atoms with Crippen LogP contribution in [-0.4, -0.2) is 70.0 Å². The monoisotopic (exact) mass is 1280 g/mol. The van der Waals surface area contributed by atoms with Gasteiger partial charge in [-0.15, -0.1) is 0 Å². The van der Waals surface area contributed by atoms with Crippen molar-refractivity contribution in [3.05, 3.63) is 60.8 Å². The van der Waals surface area contributed by atoms with Crippen molar-refractivity contribution in [1.29, 1.82) is 0 Å². The van der Waals surface area contributed by atoms with E-state index < -0.39 is 26.5 Å². The number of esters is 2. The maximum Gasteiger partial charge on any atom is 0.306 e. The second-order valence-corrected chi connectivity index (χ2v) is 29.1. The van der Waals surface area contributed by atoms with Crippen molar-refractivity contribution in [1.82, 2.24) is 0 Å². The third-order valence-electron chi connectivity index (χ3n) is 17.5. The smallest absolute Gasteiger partial charge is 0.306 e. The number of likely N-dealkylation sites (N-methyl/N-ethyl adjacent to an activating group) is 1. The minimum absolute atomic E-state index is 0.0285. The average molecular weight is 1290 g/mol. The summed E-state index contributed by atoms with van der Waals surface area (Å²) in [6.07, 6.45) is 94.8. The molecule has 0 aromatic heterocycles. The molecule has 2 atom stereocenters. The summed E-state index contributed by atoms with van der Waals surface area (Å²) in [5.41, 5.74) is 0. The Bertz CT molecular complexity index is 1700. The first kappa shape index (κ1) is 87.7. The highest BCUT2D eigenvalue weighted by atomic mass is 31.2. The Hall–Kier alpha value is -2.29. The second kappa shape index (κ2) is 71.0. The molecule has 0 fully saturated rings. The van der Waals surface area contributed by atoms with Gasteiger partial charge in [0.1, 0.15) is 19.8 Å². The zero-order chi connectivity index (χ0) is 65.5. The highest BCUT2D eigenvalue weighted by Gasteiger charge is 2.22. The highest BCUT2D eigenvalue weighted by Crippen LogP contribution is 2.38. The first-order valence-corrected chi connectivity index (χ1v) is 40.5. The number of carbonyl (C=O) groups is 2. The van der Waals surface area contributed by atoms with Gasteiger partial charge in [-0.25, -0.2) is 0 Å². The second-order valence-electron chi connectivity index (χ2n) is 27.7. The molecule has 0 bridgehead atoms. The Kier molecular flexibility index (Phi) is 69.2. The van der Waals surface area contributed by atoms with Gasteiger partial charge in [-0.2, -0.15) is 0 Å². The topological polar surface area (TPSA) is 111 Å². The fraction of sp³-hybridized carbons (Fsp3) is 0.850. The van der Waals surface area contributed by atoms with Crippen molar-refractivity contribution in [3.8, 4) is 0 Å². The van der Waals surface area contributed by atoms with Gasteiger partial charge in [0.05, 0.1) is 27.7 Å². The standard InChI is InChI=1S/C80H150NO8P/c1-6-8-10-12-14-16-18-20-22-24-26-28-30-32-34-36-38-39-40-41-43-45-47-49-51-53-55-57-59-61-63-65-67-69-71-73-80(83)89-78(77-88-90(84,85)87-75-74-81(3,4)5)76-86-79(82)72-70-68-66-64-62-60-58-56-54-52-50-48-46-44-42-37-35-33-31-29-27-25-23-21-19-17-15-13-11-9-7-2/h8,10,14,16,20,22,25-28,78H,6-7,9,11-13,15,17-19,21,23-24,29-77H2,1-5H3/b10-8-,16-14-,22-20-,27-25-,28-26-. The van der Waals surface area contributed by atoms with Gasteiger partial charge in [0.15, 0.2) is 6.10 Å². The number of phosphoric acid groups is 1. The van der Waals surface area contributed by atoms with Crippen LogP contribution in [0.25, 0.3) is 0 Å². The van der Waals surface area contributed by atoms with E-state index in [1.165, 1.54) is 295 Å². The van der Waals surface area contributed by atoms with Crippen LogP contribution in [0.5, 0.6) is 0 Å². The van der Waals surface area contributed by atoms with Gasteiger partial charge in [0, 0.05) is 12.8 Å². The summed E-state index contributed by atoms with van der Waals surface area (Å²) in [7, 11) is 1.19. The summed E-state index contributed by atoms with van der Waals surface area (Å²) in [6, 6.07) is 0. The van der Waals surface area contributed by atoms with Crippen LogP contribution in [0.4, 0.5) is 0 Å². The maximum atomic E-state index is 12.9. The van der Waals surface area contributed by atoms with E-state index in [-0.39, 0.29) is 32.0 Å². The van der Waals surface area contributed by atoms with Gasteiger partial charge in [0.2, 0.25) is 0 Å². The van der Waals surface area contributed by atoms with Crippen LogP contribution in [-0.2, 0) is 32.7 Å². The lowest BCUT2D eigenvalue weighted by atomic mass is 10.0. The summed E-state index contributed by atoms with van der Waals surface area (Å²) in [5, 5.41) is 0. The first-order valence-electron chi connectivity index (χ1n) is 39.0. The molecule has 0 radical (unpaired) electrons. The predicted molar refractivity (Wildman–Crippen MR) is 388 cm³/mol. The van der Waals surface area contributed by atoms with Crippen LogP contribution < -0.4 is 4.89 Å². The Balaban J connectivity index is 3.93. The van der Waals surface area contributed by atoms with Crippen molar-refractivity contribution >= 4 is 19.8 Å². The number of nitrogens with zero attached hydrogens (tertiary/aromatic N) is 1. The van der Waals surface area contributed by atoms with Crippen molar-refractivity contribution in [3.63, 3.8) is 0 Å². The number of quaternary nitrogens is 1. The largest absolute Gasteiger partial charge is 0.756 e. The Morgan fingerprint density at radius 3 is 0.956 bits per heavy atom. The molecule has 0 aliphatic heterocycles. The van der Waals surface area contributed by atoms with Gasteiger partial charge in [-0.1, -0.05) is 357 Å². The van der Waals surface area contributed by atoms with Crippen LogP contribution in [0.3, 0.4) is 0 Å². The van der Waals surface area contributed by atoms with E-state index in [0.29, 0.717) is 17.4 Å². The number of ether oxygens (including phenoxy) is 2. The zero-order valence-electron chi connectivity index (χ0n) is 60.4. The lowest BCUT2D eigenvalue weighted by molar-refractivity contribution is -0.870. The number of hydrogen-bond acceptors (Lipinski definition) is 8. The number of unbranched alkanes of at least 4 members (excludes halogenated alkanes) is 49. The molecule has 2 unspecified atom stereocenters. The quantitative estimate of drug-likeness (QED) is 0.0195. The third-order valence-corrected chi connectivity index (χ3v) is 18.5. The van der Waals surface area contributed by atoms with E-state index in [9.17, 15) is 19.0 Å². The van der Waals surface area contributed by atoms with Crippen molar-refractivity contribution in [2.24, 2.45) is 0 Å². The molecule has 0 aromatic carbocycles. The fourth-order valence-corrected chi connectivity index (χ4v) is 12.3. The van der Waals surface area contributed by atoms with Crippen LogP contribution in [0.1, 0.15) is 386 Å². The Morgan fingerprint density at radius 2 is 0.633 bits per heavy atom. The van der Waals surface area contributed by atoms with Crippen LogP contribution in [0, 0.1) is 0 Å². The molecule has 0 rings (SSSR count). The SMILES string of the molecule is CC/C=C\C/C=C\C/C=C\C/C=C\CCCCCCCCCCCCCCCCCCCCCCCCC(=O)OC(COC(=O)CCCCCCCCCCCCCCCCCCCCC/C=C\CCCCCCCCCC)COP(=O)([O-])OCC[N+](C)(C)C. The molecule has 9 nitrogen and oxygen atoms in total. The summed E-state index contributed by atoms with van der Waals surface area (Å²) in [4.78, 5) is 38.2. The van der Waals surface area contributed by atoms with E-state index in [0.717, 1.165) is 57.8 Å². The normalized spacial score (nSPS) is 13.4. The molecule has 0 spiro atoms. The number of allylic oxidation sites excluding steroid dienone is 10. The summed E-state index contributed by atoms with van der Waals surface area (Å²) >= 11 is 0. The molecule has 0 aliphatic rings. The lowest BCUT2D eigenvalue weighted by Crippen LogP contribution is -2.37. The van der Waals surface area contributed by atoms with Gasteiger partial charge in [0.25, 0.3) is 7.82 Å². The number of carbonyl (C=O) groups excluding carboxylic acids is 2. The molecule has 10 heteroatoms. The first-order chi connectivity index (χ1) is 44.0. The van der Waals surface area contributed by atoms with Crippen molar-refractivity contribution in [2.45, 2.75) is 392 Å². The minimum atomic E-state index is -4.64. The predicted octanol–water partition coefficient (Wildman–Crippen LogP) is 25.1. The van der Waals surface area contributed by atoms with E-state index in [4.69, 9.17) is 18.5 Å². The van der Waals surface area contributed by atoms with Gasteiger partial charge >= 0.3 is 11.9 Å². The number of hydrogen-bond donors (Lipinski definition) is 0. The zero-order valence-corrected chi connectivity index (χ0v) is 61.2. The summed E-state index contributed by atoms with van der Waals surface area (Å²) in [6.45, 7) is 4.20. The molecule has 0 aliphatic carbocycles. The van der Waals surface area contributed by atoms with Crippen molar-refractivity contribution in [2.75, 3.05) is 47.5 Å². The Labute approximate surface area is 559 Å². The molecule has 0 heterocycles. The number of rotatable bonds is 73. The molecular weight excluding hydrogens is 1130 g/mol. The van der Waals surface area contributed by atoms with E-state index >= 15 is 0 Å². The maximum absolute atomic E-state index is 12.9. The summed E-state index contributed by atoms with van der Waals surface area (Å²) < 4.78 is 34.4. The van der Waals surface area contributed by atoms with Gasteiger partial charge in [-0.05, 0) is 77.0 Å². The molecule has 0 aromatic rings. The van der Waals surface area contributed by atoms with Crippen LogP contribution in [0.2, 0.25) is 0 Å². The molecule has 0 saturated heterocycles. The molecule has 0 N–H and O–H groups in total.